The first-order chi connectivity index (χ1) is 12.0. The molecule has 3 aromatic rings. The van der Waals surface area contributed by atoms with Crippen LogP contribution in [-0.2, 0) is 4.79 Å². The van der Waals surface area contributed by atoms with E-state index in [1.807, 2.05) is 30.3 Å². The number of benzene rings is 2. The van der Waals surface area contributed by atoms with Gasteiger partial charge in [0.2, 0.25) is 5.91 Å². The van der Waals surface area contributed by atoms with Gasteiger partial charge in [-0.2, -0.15) is 0 Å². The number of hydrogen-bond acceptors (Lipinski definition) is 5. The number of aromatic nitrogens is 1. The molecule has 1 amide bonds. The van der Waals surface area contributed by atoms with Crippen molar-refractivity contribution in [3.05, 3.63) is 59.9 Å². The quantitative estimate of drug-likeness (QED) is 0.676. The number of anilines is 1. The minimum Gasteiger partial charge on any atom is -0.388 e. The molecule has 2 N–H and O–H groups in total. The van der Waals surface area contributed by atoms with Gasteiger partial charge in [0.1, 0.15) is 5.82 Å². The van der Waals surface area contributed by atoms with E-state index >= 15 is 0 Å². The summed E-state index contributed by atoms with van der Waals surface area (Å²) in [5.74, 6) is -0.0958. The summed E-state index contributed by atoms with van der Waals surface area (Å²) in [6.07, 6.45) is -0.619. The molecular formula is C18H17FN2O2S2. The highest BCUT2D eigenvalue weighted by molar-refractivity contribution is 8.00. The molecule has 0 bridgehead atoms. The van der Waals surface area contributed by atoms with Gasteiger partial charge in [0.05, 0.1) is 21.6 Å². The first kappa shape index (κ1) is 17.8. The summed E-state index contributed by atoms with van der Waals surface area (Å²) in [6.45, 7) is 1.78. The van der Waals surface area contributed by atoms with E-state index in [0.29, 0.717) is 21.1 Å². The zero-order valence-corrected chi connectivity index (χ0v) is 15.1. The molecule has 2 unspecified atom stereocenters. The molecule has 130 valence electrons. The summed E-state index contributed by atoms with van der Waals surface area (Å²) in [5.41, 5.74) is 1.48. The van der Waals surface area contributed by atoms with Crippen molar-refractivity contribution in [2.45, 2.75) is 18.3 Å². The van der Waals surface area contributed by atoms with Crippen LogP contribution in [0.25, 0.3) is 10.2 Å². The molecule has 0 spiro atoms. The number of hydrogen-bond donors (Lipinski definition) is 2. The van der Waals surface area contributed by atoms with Crippen molar-refractivity contribution >= 4 is 44.4 Å². The van der Waals surface area contributed by atoms with Crippen LogP contribution in [0.1, 0.15) is 18.6 Å². The van der Waals surface area contributed by atoms with Gasteiger partial charge in [0.25, 0.3) is 0 Å². The third kappa shape index (κ3) is 4.56. The highest BCUT2D eigenvalue weighted by atomic mass is 32.2. The summed E-state index contributed by atoms with van der Waals surface area (Å²) in [4.78, 5) is 16.6. The number of aliphatic hydroxyl groups is 1. The number of nitrogens with zero attached hydrogens (tertiary/aromatic N) is 1. The van der Waals surface area contributed by atoms with Gasteiger partial charge >= 0.3 is 0 Å². The van der Waals surface area contributed by atoms with Crippen LogP contribution in [0.2, 0.25) is 0 Å². The molecule has 3 rings (SSSR count). The molecule has 0 saturated carbocycles. The minimum atomic E-state index is -0.619. The van der Waals surface area contributed by atoms with E-state index in [4.69, 9.17) is 0 Å². The summed E-state index contributed by atoms with van der Waals surface area (Å²) in [6, 6.07) is 13.7. The second kappa shape index (κ2) is 7.95. The Balaban J connectivity index is 1.56. The fourth-order valence-corrected chi connectivity index (χ4v) is 4.01. The second-order valence-electron chi connectivity index (χ2n) is 5.52. The zero-order valence-electron chi connectivity index (χ0n) is 13.5. The third-order valence-electron chi connectivity index (χ3n) is 3.64. The summed E-state index contributed by atoms with van der Waals surface area (Å²) in [7, 11) is 0. The third-order valence-corrected chi connectivity index (χ3v) is 5.79. The Labute approximate surface area is 153 Å². The predicted octanol–water partition coefficient (Wildman–Crippen LogP) is 4.23. The zero-order chi connectivity index (χ0) is 17.8. The normalized spacial score (nSPS) is 13.6. The molecule has 1 aromatic heterocycles. The maximum atomic E-state index is 13.2. The van der Waals surface area contributed by atoms with Crippen molar-refractivity contribution in [3.63, 3.8) is 0 Å². The Morgan fingerprint density at radius 2 is 2.08 bits per heavy atom. The lowest BCUT2D eigenvalue weighted by molar-refractivity contribution is -0.115. The van der Waals surface area contributed by atoms with Gasteiger partial charge < -0.3 is 10.4 Å². The van der Waals surface area contributed by atoms with Crippen molar-refractivity contribution in [1.29, 1.82) is 0 Å². The Hall–Kier alpha value is -1.96. The molecular weight excluding hydrogens is 359 g/mol. The monoisotopic (exact) mass is 376 g/mol. The van der Waals surface area contributed by atoms with Gasteiger partial charge in [0, 0.05) is 5.75 Å². The number of amides is 1. The van der Waals surface area contributed by atoms with Crippen molar-refractivity contribution in [2.75, 3.05) is 11.1 Å². The molecule has 0 saturated heterocycles. The summed E-state index contributed by atoms with van der Waals surface area (Å²) >= 11 is 2.61. The van der Waals surface area contributed by atoms with E-state index in [9.17, 15) is 14.3 Å². The van der Waals surface area contributed by atoms with Crippen molar-refractivity contribution in [3.8, 4) is 0 Å². The maximum Gasteiger partial charge on any atom is 0.238 e. The average molecular weight is 376 g/mol. The Morgan fingerprint density at radius 3 is 2.84 bits per heavy atom. The van der Waals surface area contributed by atoms with Crippen molar-refractivity contribution in [2.24, 2.45) is 0 Å². The van der Waals surface area contributed by atoms with Crippen LogP contribution in [0.5, 0.6) is 0 Å². The molecule has 7 heteroatoms. The highest BCUT2D eigenvalue weighted by Crippen LogP contribution is 2.27. The van der Waals surface area contributed by atoms with Gasteiger partial charge in [0.15, 0.2) is 5.13 Å². The Bertz CT molecular complexity index is 870. The van der Waals surface area contributed by atoms with E-state index in [2.05, 4.69) is 10.3 Å². The average Bonchev–Trinajstić information content (AvgIpc) is 3.01. The van der Waals surface area contributed by atoms with Crippen molar-refractivity contribution in [1.82, 2.24) is 4.98 Å². The number of rotatable bonds is 6. The van der Waals surface area contributed by atoms with Crippen LogP contribution in [0.3, 0.4) is 0 Å². The Kier molecular flexibility index (Phi) is 5.67. The SMILES string of the molecule is CC(SCC(O)c1ccccc1)C(=O)Nc1nc2ccc(F)cc2s1. The topological polar surface area (TPSA) is 62.2 Å². The van der Waals surface area contributed by atoms with Crippen molar-refractivity contribution < 1.29 is 14.3 Å². The summed E-state index contributed by atoms with van der Waals surface area (Å²) < 4.78 is 13.9. The van der Waals surface area contributed by atoms with E-state index in [0.717, 1.165) is 5.56 Å². The lowest BCUT2D eigenvalue weighted by Gasteiger charge is -2.14. The predicted molar refractivity (Wildman–Crippen MR) is 102 cm³/mol. The number of thiazole rings is 1. The van der Waals surface area contributed by atoms with Gasteiger partial charge in [-0.25, -0.2) is 9.37 Å². The first-order valence-electron chi connectivity index (χ1n) is 7.74. The van der Waals surface area contributed by atoms with Crippen LogP contribution in [0.4, 0.5) is 9.52 Å². The lowest BCUT2D eigenvalue weighted by Crippen LogP contribution is -2.23. The van der Waals surface area contributed by atoms with E-state index < -0.39 is 6.10 Å². The fourth-order valence-electron chi connectivity index (χ4n) is 2.24. The molecule has 2 aromatic carbocycles. The number of aliphatic hydroxyl groups excluding tert-OH is 1. The Morgan fingerprint density at radius 1 is 1.32 bits per heavy atom. The van der Waals surface area contributed by atoms with Gasteiger partial charge in [-0.05, 0) is 30.7 Å². The number of carbonyl (C=O) groups excluding carboxylic acids is 1. The largest absolute Gasteiger partial charge is 0.388 e. The second-order valence-corrected chi connectivity index (χ2v) is 7.93. The molecule has 2 atom stereocenters. The van der Waals surface area contributed by atoms with Gasteiger partial charge in [-0.3, -0.25) is 4.79 Å². The van der Waals surface area contributed by atoms with E-state index in [-0.39, 0.29) is 17.0 Å². The fraction of sp³-hybridized carbons (Fsp3) is 0.222. The smallest absolute Gasteiger partial charge is 0.238 e. The molecule has 1 heterocycles. The molecule has 4 nitrogen and oxygen atoms in total. The van der Waals surface area contributed by atoms with Gasteiger partial charge in [-0.1, -0.05) is 41.7 Å². The lowest BCUT2D eigenvalue weighted by atomic mass is 10.1. The number of halogens is 1. The number of thioether (sulfide) groups is 1. The molecule has 0 radical (unpaired) electrons. The van der Waals surface area contributed by atoms with E-state index in [1.165, 1.54) is 35.2 Å². The standard InChI is InChI=1S/C18H17FN2O2S2/c1-11(24-10-15(22)12-5-3-2-4-6-12)17(23)21-18-20-14-8-7-13(19)9-16(14)25-18/h2-9,11,15,22H,10H2,1H3,(H,20,21,23). The van der Waals surface area contributed by atoms with Crippen LogP contribution in [0, 0.1) is 5.82 Å². The van der Waals surface area contributed by atoms with Gasteiger partial charge in [-0.15, -0.1) is 11.8 Å². The van der Waals surface area contributed by atoms with Crippen LogP contribution in [0.15, 0.2) is 48.5 Å². The minimum absolute atomic E-state index is 0.190. The molecule has 0 aliphatic heterocycles. The first-order valence-corrected chi connectivity index (χ1v) is 9.61. The molecule has 25 heavy (non-hydrogen) atoms. The number of nitrogens with one attached hydrogen (secondary N) is 1. The molecule has 0 fully saturated rings. The number of carbonyl (C=O) groups is 1. The maximum absolute atomic E-state index is 13.2. The van der Waals surface area contributed by atoms with Crippen LogP contribution < -0.4 is 5.32 Å². The van der Waals surface area contributed by atoms with Crippen LogP contribution >= 0.6 is 23.1 Å². The molecule has 0 aliphatic carbocycles. The highest BCUT2D eigenvalue weighted by Gasteiger charge is 2.18. The summed E-state index contributed by atoms with van der Waals surface area (Å²) in [5, 5.41) is 13.0. The number of fused-ring (bicyclic) bond motifs is 1. The van der Waals surface area contributed by atoms with Crippen LogP contribution in [-0.4, -0.2) is 27.0 Å². The van der Waals surface area contributed by atoms with E-state index in [1.54, 1.807) is 13.0 Å². The molecule has 0 aliphatic rings.